The van der Waals surface area contributed by atoms with Crippen LogP contribution in [0.1, 0.15) is 27.2 Å². The van der Waals surface area contributed by atoms with E-state index >= 15 is 0 Å². The Bertz CT molecular complexity index is 278. The Labute approximate surface area is 95.8 Å². The summed E-state index contributed by atoms with van der Waals surface area (Å²) in [5, 5.41) is 12.0. The molecular weight excluding hydrogens is 208 g/mol. The lowest BCUT2D eigenvalue weighted by Gasteiger charge is -2.39. The van der Waals surface area contributed by atoms with Crippen LogP contribution in [0.5, 0.6) is 0 Å². The van der Waals surface area contributed by atoms with Crippen molar-refractivity contribution in [1.29, 1.82) is 0 Å². The van der Waals surface area contributed by atoms with Crippen LogP contribution in [-0.2, 0) is 9.59 Å². The Morgan fingerprint density at radius 3 is 2.69 bits per heavy atom. The zero-order valence-electron chi connectivity index (χ0n) is 10.1. The second-order valence-corrected chi connectivity index (χ2v) is 4.48. The second-order valence-electron chi connectivity index (χ2n) is 4.48. The third-order valence-corrected chi connectivity index (χ3v) is 3.00. The fourth-order valence-electron chi connectivity index (χ4n) is 2.30. The molecule has 0 bridgehead atoms. The third kappa shape index (κ3) is 2.52. The molecule has 1 amide bonds. The Hall–Kier alpha value is -1.10. The van der Waals surface area contributed by atoms with Gasteiger partial charge < -0.3 is 10.4 Å². The highest BCUT2D eigenvalue weighted by molar-refractivity contribution is 5.84. The summed E-state index contributed by atoms with van der Waals surface area (Å²) in [6, 6.07) is -0.881. The minimum Gasteiger partial charge on any atom is -0.480 e. The lowest BCUT2D eigenvalue weighted by atomic mass is 9.98. The number of nitrogens with zero attached hydrogens (tertiary/aromatic N) is 1. The van der Waals surface area contributed by atoms with E-state index in [0.717, 1.165) is 0 Å². The average Bonchev–Trinajstić information content (AvgIpc) is 2.16. The highest BCUT2D eigenvalue weighted by Crippen LogP contribution is 2.18. The number of carboxylic acid groups (broad SMARTS) is 1. The molecule has 1 aliphatic heterocycles. The number of nitrogens with one attached hydrogen (secondary N) is 1. The summed E-state index contributed by atoms with van der Waals surface area (Å²) in [7, 11) is 0. The number of amides is 1. The number of hydrogen-bond donors (Lipinski definition) is 2. The van der Waals surface area contributed by atoms with Gasteiger partial charge >= 0.3 is 5.97 Å². The quantitative estimate of drug-likeness (QED) is 0.726. The topological polar surface area (TPSA) is 69.6 Å². The van der Waals surface area contributed by atoms with Gasteiger partial charge in [-0.25, -0.2) is 0 Å². The molecule has 2 atom stereocenters. The number of carbonyl (C=O) groups excluding carboxylic acids is 1. The van der Waals surface area contributed by atoms with Crippen LogP contribution in [0.2, 0.25) is 0 Å². The molecule has 0 aromatic rings. The molecule has 92 valence electrons. The number of carbonyl (C=O) groups is 2. The number of hydrogen-bond acceptors (Lipinski definition) is 3. The number of rotatable bonds is 4. The molecule has 0 aliphatic carbocycles. The molecule has 0 saturated carbocycles. The van der Waals surface area contributed by atoms with Gasteiger partial charge in [0.1, 0.15) is 6.04 Å². The molecule has 1 rings (SSSR count). The molecular formula is C11H20N2O3. The van der Waals surface area contributed by atoms with Crippen LogP contribution in [-0.4, -0.2) is 47.1 Å². The van der Waals surface area contributed by atoms with Gasteiger partial charge in [-0.05, 0) is 12.3 Å². The van der Waals surface area contributed by atoms with E-state index in [1.54, 1.807) is 0 Å². The summed E-state index contributed by atoms with van der Waals surface area (Å²) in [5.41, 5.74) is 0. The molecule has 0 radical (unpaired) electrons. The molecule has 1 heterocycles. The Morgan fingerprint density at radius 2 is 2.25 bits per heavy atom. The van der Waals surface area contributed by atoms with Gasteiger partial charge in [-0.3, -0.25) is 14.5 Å². The van der Waals surface area contributed by atoms with Crippen molar-refractivity contribution in [2.45, 2.75) is 39.3 Å². The number of aliphatic carboxylic acids is 1. The van der Waals surface area contributed by atoms with Gasteiger partial charge in [-0.2, -0.15) is 0 Å². The van der Waals surface area contributed by atoms with Crippen molar-refractivity contribution in [2.75, 3.05) is 13.1 Å². The fraction of sp³-hybridized carbons (Fsp3) is 0.818. The maximum absolute atomic E-state index is 11.6. The van der Waals surface area contributed by atoms with E-state index < -0.39 is 12.0 Å². The van der Waals surface area contributed by atoms with Crippen LogP contribution < -0.4 is 5.32 Å². The second kappa shape index (κ2) is 5.30. The van der Waals surface area contributed by atoms with Crippen molar-refractivity contribution in [3.05, 3.63) is 0 Å². The normalized spacial score (nSPS) is 24.2. The van der Waals surface area contributed by atoms with Gasteiger partial charge in [0.25, 0.3) is 0 Å². The summed E-state index contributed by atoms with van der Waals surface area (Å²) in [4.78, 5) is 24.7. The standard InChI is InChI=1S/C11H20N2O3/c1-4-8-10(14)12-5-6-13(8)9(7(2)3)11(15)16/h7-9H,4-6H2,1-3H3,(H,12,14)(H,15,16). The van der Waals surface area contributed by atoms with Crippen molar-refractivity contribution in [1.82, 2.24) is 10.2 Å². The first kappa shape index (κ1) is 13.0. The van der Waals surface area contributed by atoms with E-state index in [4.69, 9.17) is 0 Å². The first-order chi connectivity index (χ1) is 7.49. The first-order valence-electron chi connectivity index (χ1n) is 5.75. The first-order valence-corrected chi connectivity index (χ1v) is 5.75. The van der Waals surface area contributed by atoms with Crippen LogP contribution in [0, 0.1) is 5.92 Å². The van der Waals surface area contributed by atoms with Crippen molar-refractivity contribution in [3.8, 4) is 0 Å². The van der Waals surface area contributed by atoms with Gasteiger partial charge in [0.2, 0.25) is 5.91 Å². The third-order valence-electron chi connectivity index (χ3n) is 3.00. The maximum atomic E-state index is 11.6. The van der Waals surface area contributed by atoms with Gasteiger partial charge in [0.15, 0.2) is 0 Å². The predicted octanol–water partition coefficient (Wildman–Crippen LogP) is 0.306. The van der Waals surface area contributed by atoms with Gasteiger partial charge in [0.05, 0.1) is 6.04 Å². The summed E-state index contributed by atoms with van der Waals surface area (Å²) in [5.74, 6) is -0.902. The molecule has 0 aromatic heterocycles. The molecule has 0 spiro atoms. The smallest absolute Gasteiger partial charge is 0.321 e. The number of carboxylic acids is 1. The van der Waals surface area contributed by atoms with E-state index in [0.29, 0.717) is 19.5 Å². The van der Waals surface area contributed by atoms with Crippen molar-refractivity contribution in [2.24, 2.45) is 5.92 Å². The van der Waals surface area contributed by atoms with Crippen LogP contribution in [0.15, 0.2) is 0 Å². The Morgan fingerprint density at radius 1 is 1.62 bits per heavy atom. The predicted molar refractivity (Wildman–Crippen MR) is 60.1 cm³/mol. The minimum absolute atomic E-state index is 0.00236. The monoisotopic (exact) mass is 228 g/mol. The largest absolute Gasteiger partial charge is 0.480 e. The molecule has 1 saturated heterocycles. The molecule has 2 unspecified atom stereocenters. The molecule has 0 aromatic carbocycles. The minimum atomic E-state index is -0.844. The summed E-state index contributed by atoms with van der Waals surface area (Å²) < 4.78 is 0. The fourth-order valence-corrected chi connectivity index (χ4v) is 2.30. The molecule has 2 N–H and O–H groups in total. The highest BCUT2D eigenvalue weighted by atomic mass is 16.4. The van der Waals surface area contributed by atoms with Crippen LogP contribution in [0.4, 0.5) is 0 Å². The average molecular weight is 228 g/mol. The molecule has 5 nitrogen and oxygen atoms in total. The van der Waals surface area contributed by atoms with Crippen LogP contribution in [0.3, 0.4) is 0 Å². The molecule has 1 fully saturated rings. The van der Waals surface area contributed by atoms with Gasteiger partial charge in [0, 0.05) is 13.1 Å². The lowest BCUT2D eigenvalue weighted by molar-refractivity contribution is -0.149. The SMILES string of the molecule is CCC1C(=O)NCCN1C(C(=O)O)C(C)C. The van der Waals surface area contributed by atoms with E-state index in [1.807, 2.05) is 25.7 Å². The van der Waals surface area contributed by atoms with Crippen LogP contribution in [0.25, 0.3) is 0 Å². The van der Waals surface area contributed by atoms with E-state index in [-0.39, 0.29) is 17.9 Å². The zero-order valence-corrected chi connectivity index (χ0v) is 10.1. The van der Waals surface area contributed by atoms with Crippen molar-refractivity contribution >= 4 is 11.9 Å². The Kier molecular flexibility index (Phi) is 4.29. The summed E-state index contributed by atoms with van der Waals surface area (Å²) in [6.45, 7) is 6.79. The zero-order chi connectivity index (χ0) is 12.3. The molecule has 16 heavy (non-hydrogen) atoms. The van der Waals surface area contributed by atoms with E-state index in [9.17, 15) is 14.7 Å². The highest BCUT2D eigenvalue weighted by Gasteiger charge is 2.37. The maximum Gasteiger partial charge on any atom is 0.321 e. The van der Waals surface area contributed by atoms with Crippen LogP contribution >= 0.6 is 0 Å². The molecule has 1 aliphatic rings. The summed E-state index contributed by atoms with van der Waals surface area (Å²) >= 11 is 0. The Balaban J connectivity index is 2.89. The number of piperazine rings is 1. The molecule has 5 heteroatoms. The van der Waals surface area contributed by atoms with E-state index in [2.05, 4.69) is 5.32 Å². The van der Waals surface area contributed by atoms with Gasteiger partial charge in [-0.15, -0.1) is 0 Å². The van der Waals surface area contributed by atoms with Gasteiger partial charge in [-0.1, -0.05) is 20.8 Å². The summed E-state index contributed by atoms with van der Waals surface area (Å²) in [6.07, 6.45) is 0.641. The van der Waals surface area contributed by atoms with E-state index in [1.165, 1.54) is 0 Å². The van der Waals surface area contributed by atoms with Crippen molar-refractivity contribution < 1.29 is 14.7 Å². The lowest BCUT2D eigenvalue weighted by Crippen LogP contribution is -2.61. The van der Waals surface area contributed by atoms with Crippen molar-refractivity contribution in [3.63, 3.8) is 0 Å².